The molecule has 3 atom stereocenters. The Morgan fingerprint density at radius 2 is 1.94 bits per heavy atom. The summed E-state index contributed by atoms with van der Waals surface area (Å²) in [5.74, 6) is -1.17. The molecule has 0 unspecified atom stereocenters. The number of nitrogens with one attached hydrogen (secondary N) is 2. The maximum Gasteiger partial charge on any atom is 0.414 e. The number of carbonyl (C=O) groups excluding carboxylic acids is 3. The first-order chi connectivity index (χ1) is 17.3. The summed E-state index contributed by atoms with van der Waals surface area (Å²) in [4.78, 5) is 38.5. The van der Waals surface area contributed by atoms with Crippen LogP contribution in [-0.4, -0.2) is 74.0 Å². The van der Waals surface area contributed by atoms with Gasteiger partial charge in [-0.25, -0.2) is 9.18 Å². The van der Waals surface area contributed by atoms with Gasteiger partial charge in [0.1, 0.15) is 18.5 Å². The lowest BCUT2D eigenvalue weighted by Gasteiger charge is -2.21. The number of nitrogens with zero attached hydrogens (tertiary/aromatic N) is 2. The van der Waals surface area contributed by atoms with Crippen LogP contribution in [0.25, 0.3) is 0 Å². The lowest BCUT2D eigenvalue weighted by molar-refractivity contribution is -0.127. The lowest BCUT2D eigenvalue weighted by atomic mass is 10.2. The number of cyclic esters (lactones) is 1. The number of hydrogen-bond acceptors (Lipinski definition) is 7. The van der Waals surface area contributed by atoms with Crippen LogP contribution in [0.3, 0.4) is 0 Å². The molecule has 0 aliphatic carbocycles. The molecule has 2 fully saturated rings. The van der Waals surface area contributed by atoms with Crippen molar-refractivity contribution < 1.29 is 33.4 Å². The van der Waals surface area contributed by atoms with E-state index in [0.29, 0.717) is 12.3 Å². The molecule has 10 nitrogen and oxygen atoms in total. The summed E-state index contributed by atoms with van der Waals surface area (Å²) < 4.78 is 25.7. The summed E-state index contributed by atoms with van der Waals surface area (Å²) in [6.07, 6.45) is -2.03. The Hall–Kier alpha value is -3.70. The molecule has 0 bridgehead atoms. The molecule has 0 spiro atoms. The standard InChI is InChI=1S/C25H29FN4O6/c1-16(31)27-10-19-11-30(25(34)36-19)18-7-8-22(20(26)9-18)29-12-21(23(32)13-29)28-24(33)15-35-14-17-5-3-2-4-6-17/h2-9,19,21,23,32H,10-15H2,1H3,(H,27,31)(H,28,33)/t19-,21+,23+/m0/s1. The van der Waals surface area contributed by atoms with Gasteiger partial charge in [0.25, 0.3) is 0 Å². The van der Waals surface area contributed by atoms with Crippen molar-refractivity contribution in [2.45, 2.75) is 31.8 Å². The number of β-amino-alcohol motifs (C(OH)–C–C–N with tert-alkyl or cyclic N) is 1. The third kappa shape index (κ3) is 6.29. The van der Waals surface area contributed by atoms with Gasteiger partial charge >= 0.3 is 6.09 Å². The van der Waals surface area contributed by atoms with Crippen molar-refractivity contribution in [1.82, 2.24) is 10.6 Å². The molecule has 0 radical (unpaired) electrons. The zero-order chi connectivity index (χ0) is 25.7. The van der Waals surface area contributed by atoms with Crippen molar-refractivity contribution in [1.29, 1.82) is 0 Å². The van der Waals surface area contributed by atoms with Gasteiger partial charge in [0.15, 0.2) is 0 Å². The minimum atomic E-state index is -0.884. The maximum atomic E-state index is 15.0. The quantitative estimate of drug-likeness (QED) is 0.473. The SMILES string of the molecule is CC(=O)NC[C@H]1CN(c2ccc(N3C[C@@H](O)[C@H](NC(=O)COCc4ccccc4)C3)c(F)c2)C(=O)O1. The van der Waals surface area contributed by atoms with E-state index in [-0.39, 0.29) is 50.3 Å². The Morgan fingerprint density at radius 3 is 2.67 bits per heavy atom. The maximum absolute atomic E-state index is 15.0. The number of halogens is 1. The molecule has 2 aliphatic heterocycles. The Labute approximate surface area is 208 Å². The molecule has 4 rings (SSSR count). The fourth-order valence-corrected chi connectivity index (χ4v) is 4.23. The third-order valence-corrected chi connectivity index (χ3v) is 6.02. The molecule has 3 N–H and O–H groups in total. The number of rotatable bonds is 9. The third-order valence-electron chi connectivity index (χ3n) is 6.02. The first-order valence-corrected chi connectivity index (χ1v) is 11.7. The first-order valence-electron chi connectivity index (χ1n) is 11.7. The van der Waals surface area contributed by atoms with Gasteiger partial charge in [-0.3, -0.25) is 14.5 Å². The molecule has 3 amide bonds. The van der Waals surface area contributed by atoms with Crippen LogP contribution in [-0.2, 0) is 25.7 Å². The number of ether oxygens (including phenoxy) is 2. The molecular weight excluding hydrogens is 471 g/mol. The van der Waals surface area contributed by atoms with Crippen LogP contribution >= 0.6 is 0 Å². The highest BCUT2D eigenvalue weighted by Crippen LogP contribution is 2.30. The number of hydrogen-bond donors (Lipinski definition) is 3. The number of amides is 3. The number of aliphatic hydroxyl groups is 1. The van der Waals surface area contributed by atoms with Crippen molar-refractivity contribution in [2.24, 2.45) is 0 Å². The van der Waals surface area contributed by atoms with Crippen molar-refractivity contribution in [3.63, 3.8) is 0 Å². The second kappa shape index (κ2) is 11.4. The fraction of sp³-hybridized carbons (Fsp3) is 0.400. The van der Waals surface area contributed by atoms with Gasteiger partial charge in [-0.05, 0) is 23.8 Å². The summed E-state index contributed by atoms with van der Waals surface area (Å²) in [5.41, 5.74) is 1.52. The molecule has 2 aromatic rings. The second-order valence-electron chi connectivity index (χ2n) is 8.81. The van der Waals surface area contributed by atoms with E-state index in [2.05, 4.69) is 10.6 Å². The molecule has 2 aliphatic rings. The predicted octanol–water partition coefficient (Wildman–Crippen LogP) is 1.17. The highest BCUT2D eigenvalue weighted by Gasteiger charge is 2.35. The average molecular weight is 501 g/mol. The van der Waals surface area contributed by atoms with Gasteiger partial charge in [0.05, 0.1) is 43.2 Å². The fourth-order valence-electron chi connectivity index (χ4n) is 4.23. The van der Waals surface area contributed by atoms with Crippen molar-refractivity contribution in [2.75, 3.05) is 42.6 Å². The van der Waals surface area contributed by atoms with Crippen LogP contribution in [0.15, 0.2) is 48.5 Å². The van der Waals surface area contributed by atoms with Gasteiger partial charge < -0.3 is 30.1 Å². The summed E-state index contributed by atoms with van der Waals surface area (Å²) in [6, 6.07) is 13.2. The summed E-state index contributed by atoms with van der Waals surface area (Å²) in [6.45, 7) is 2.21. The van der Waals surface area contributed by atoms with Crippen LogP contribution in [0, 0.1) is 5.82 Å². The van der Waals surface area contributed by atoms with Crippen molar-refractivity contribution in [3.05, 3.63) is 59.9 Å². The Bertz CT molecular complexity index is 1100. The van der Waals surface area contributed by atoms with Crippen molar-refractivity contribution in [3.8, 4) is 0 Å². The van der Waals surface area contributed by atoms with Crippen LogP contribution in [0.1, 0.15) is 12.5 Å². The summed E-state index contributed by atoms with van der Waals surface area (Å²) in [7, 11) is 0. The Balaban J connectivity index is 1.30. The summed E-state index contributed by atoms with van der Waals surface area (Å²) in [5, 5.41) is 15.8. The van der Waals surface area contributed by atoms with E-state index in [0.717, 1.165) is 5.56 Å². The van der Waals surface area contributed by atoms with E-state index in [4.69, 9.17) is 9.47 Å². The zero-order valence-corrected chi connectivity index (χ0v) is 19.9. The highest BCUT2D eigenvalue weighted by molar-refractivity contribution is 5.90. The summed E-state index contributed by atoms with van der Waals surface area (Å²) >= 11 is 0. The molecule has 11 heteroatoms. The van der Waals surface area contributed by atoms with Gasteiger partial charge in [0, 0.05) is 20.0 Å². The number of aliphatic hydroxyl groups excluding tert-OH is 1. The number of benzene rings is 2. The molecule has 36 heavy (non-hydrogen) atoms. The largest absolute Gasteiger partial charge is 0.442 e. The Morgan fingerprint density at radius 1 is 1.17 bits per heavy atom. The lowest BCUT2D eigenvalue weighted by Crippen LogP contribution is -2.44. The van der Waals surface area contributed by atoms with Crippen LogP contribution in [0.4, 0.5) is 20.6 Å². The minimum absolute atomic E-state index is 0.136. The average Bonchev–Trinajstić information content (AvgIpc) is 3.40. The second-order valence-corrected chi connectivity index (χ2v) is 8.81. The normalized spacial score (nSPS) is 21.4. The number of carbonyl (C=O) groups is 3. The van der Waals surface area contributed by atoms with E-state index in [1.807, 2.05) is 30.3 Å². The topological polar surface area (TPSA) is 120 Å². The molecule has 192 valence electrons. The van der Waals surface area contributed by atoms with Gasteiger partial charge in [-0.15, -0.1) is 0 Å². The van der Waals surface area contributed by atoms with Crippen LogP contribution in [0.5, 0.6) is 0 Å². The highest BCUT2D eigenvalue weighted by atomic mass is 19.1. The van der Waals surface area contributed by atoms with E-state index < -0.39 is 30.2 Å². The monoisotopic (exact) mass is 500 g/mol. The zero-order valence-electron chi connectivity index (χ0n) is 19.9. The van der Waals surface area contributed by atoms with E-state index in [1.165, 1.54) is 24.0 Å². The molecule has 2 heterocycles. The van der Waals surface area contributed by atoms with E-state index >= 15 is 4.39 Å². The molecule has 0 aromatic heterocycles. The minimum Gasteiger partial charge on any atom is -0.442 e. The van der Waals surface area contributed by atoms with Gasteiger partial charge in [0.2, 0.25) is 11.8 Å². The molecule has 2 saturated heterocycles. The first kappa shape index (κ1) is 25.4. The van der Waals surface area contributed by atoms with E-state index in [9.17, 15) is 19.5 Å². The molecule has 0 saturated carbocycles. The van der Waals surface area contributed by atoms with Gasteiger partial charge in [-0.2, -0.15) is 0 Å². The smallest absolute Gasteiger partial charge is 0.414 e. The van der Waals surface area contributed by atoms with E-state index in [1.54, 1.807) is 11.0 Å². The Kier molecular flexibility index (Phi) is 8.01. The molecule has 2 aromatic carbocycles. The van der Waals surface area contributed by atoms with Crippen LogP contribution in [0.2, 0.25) is 0 Å². The van der Waals surface area contributed by atoms with Gasteiger partial charge in [-0.1, -0.05) is 30.3 Å². The van der Waals surface area contributed by atoms with Crippen molar-refractivity contribution >= 4 is 29.3 Å². The predicted molar refractivity (Wildman–Crippen MR) is 129 cm³/mol. The van der Waals surface area contributed by atoms with Crippen LogP contribution < -0.4 is 20.4 Å². The number of anilines is 2. The molecular formula is C25H29FN4O6.